The standard InChI is InChI=1S/C22H34N2O2.2C4H6O6/c1-4-21(25)26-22(20-10-6-5-7-11-20)16-19(3)24(17-18(22)2)15-14-23-12-8-9-13-23;2*5-1(3(7)8)2(6)4(9)10/h5-7,10-11,18-19H,4,8-9,12-17H2,1-3H3;2*1-2,5-6H,(H,7,8)(H,9,10). The Balaban J connectivity index is 0.000000437. The van der Waals surface area contributed by atoms with Crippen molar-refractivity contribution >= 4 is 29.8 Å². The average molecular weight is 659 g/mol. The Bertz CT molecular complexity index is 1070. The van der Waals surface area contributed by atoms with E-state index in [1.54, 1.807) is 0 Å². The molecule has 0 aliphatic carbocycles. The van der Waals surface area contributed by atoms with Crippen molar-refractivity contribution in [1.82, 2.24) is 9.80 Å². The van der Waals surface area contributed by atoms with Crippen molar-refractivity contribution in [2.24, 2.45) is 5.92 Å². The summed E-state index contributed by atoms with van der Waals surface area (Å²) in [6.07, 6.45) is -5.09. The zero-order chi connectivity index (χ0) is 35.2. The van der Waals surface area contributed by atoms with E-state index >= 15 is 0 Å². The van der Waals surface area contributed by atoms with E-state index in [9.17, 15) is 24.0 Å². The molecule has 16 nitrogen and oxygen atoms in total. The maximum absolute atomic E-state index is 12.2. The summed E-state index contributed by atoms with van der Waals surface area (Å²) in [5.74, 6) is -6.90. The highest BCUT2D eigenvalue weighted by atomic mass is 16.6. The number of aliphatic hydroxyl groups excluding tert-OH is 4. The molecule has 0 bridgehead atoms. The molecule has 16 heteroatoms. The number of benzene rings is 1. The first-order chi connectivity index (χ1) is 21.5. The smallest absolute Gasteiger partial charge is 0.335 e. The van der Waals surface area contributed by atoms with Crippen LogP contribution >= 0.6 is 0 Å². The van der Waals surface area contributed by atoms with Gasteiger partial charge in [-0.25, -0.2) is 19.2 Å². The lowest BCUT2D eigenvalue weighted by molar-refractivity contribution is -0.178. The second-order valence-corrected chi connectivity index (χ2v) is 11.2. The molecule has 46 heavy (non-hydrogen) atoms. The predicted octanol–water partition coefficient (Wildman–Crippen LogP) is -0.584. The maximum atomic E-state index is 12.2. The minimum Gasteiger partial charge on any atom is -0.479 e. The van der Waals surface area contributed by atoms with Crippen LogP contribution in [0.5, 0.6) is 0 Å². The number of carbonyl (C=O) groups is 5. The molecular formula is C30H46N2O14. The molecule has 1 aromatic carbocycles. The Kier molecular flexibility index (Phi) is 16.8. The van der Waals surface area contributed by atoms with Crippen LogP contribution in [0.25, 0.3) is 0 Å². The van der Waals surface area contributed by atoms with Crippen LogP contribution in [-0.2, 0) is 34.3 Å². The number of aliphatic hydroxyl groups is 4. The number of hydrogen-bond donors (Lipinski definition) is 8. The molecule has 2 fully saturated rings. The second-order valence-electron chi connectivity index (χ2n) is 11.2. The number of likely N-dealkylation sites (tertiary alicyclic amines) is 2. The molecule has 2 aliphatic heterocycles. The lowest BCUT2D eigenvalue weighted by Crippen LogP contribution is -2.56. The fourth-order valence-corrected chi connectivity index (χ4v) is 5.18. The number of aliphatic carboxylic acids is 4. The third-order valence-corrected chi connectivity index (χ3v) is 7.89. The van der Waals surface area contributed by atoms with Gasteiger partial charge in [0.05, 0.1) is 0 Å². The Labute approximate surface area is 266 Å². The molecule has 8 N–H and O–H groups in total. The molecule has 2 aliphatic rings. The van der Waals surface area contributed by atoms with Gasteiger partial charge in [-0.2, -0.15) is 0 Å². The van der Waals surface area contributed by atoms with Crippen LogP contribution in [0.3, 0.4) is 0 Å². The van der Waals surface area contributed by atoms with Crippen LogP contribution in [0.15, 0.2) is 30.3 Å². The molecule has 0 aromatic heterocycles. The topological polar surface area (TPSA) is 263 Å². The van der Waals surface area contributed by atoms with Crippen LogP contribution in [-0.4, -0.2) is 144 Å². The van der Waals surface area contributed by atoms with Crippen LogP contribution < -0.4 is 0 Å². The molecule has 7 atom stereocenters. The summed E-state index contributed by atoms with van der Waals surface area (Å²) >= 11 is 0. The van der Waals surface area contributed by atoms with E-state index in [0.717, 1.165) is 31.6 Å². The third-order valence-electron chi connectivity index (χ3n) is 7.89. The number of nitrogens with zero attached hydrogens (tertiary/aromatic N) is 2. The van der Waals surface area contributed by atoms with Gasteiger partial charge in [0.1, 0.15) is 5.60 Å². The second kappa shape index (κ2) is 19.1. The summed E-state index contributed by atoms with van der Waals surface area (Å²) in [5, 5.41) is 65.1. The van der Waals surface area contributed by atoms with Crippen molar-refractivity contribution in [2.45, 2.75) is 82.5 Å². The molecule has 0 amide bonds. The number of hydrogen-bond acceptors (Lipinski definition) is 12. The van der Waals surface area contributed by atoms with Gasteiger partial charge in [-0.1, -0.05) is 44.2 Å². The lowest BCUT2D eigenvalue weighted by Gasteiger charge is -2.49. The first kappa shape index (κ1) is 40.4. The minimum atomic E-state index is -2.27. The van der Waals surface area contributed by atoms with Crippen LogP contribution in [0.2, 0.25) is 0 Å². The van der Waals surface area contributed by atoms with Crippen molar-refractivity contribution in [1.29, 1.82) is 0 Å². The first-order valence-corrected chi connectivity index (χ1v) is 14.9. The maximum Gasteiger partial charge on any atom is 0.335 e. The normalized spacial score (nSPS) is 24.1. The van der Waals surface area contributed by atoms with E-state index in [4.69, 9.17) is 45.6 Å². The van der Waals surface area contributed by atoms with Gasteiger partial charge >= 0.3 is 29.8 Å². The number of carbonyl (C=O) groups excluding carboxylic acids is 1. The number of carboxylic acid groups (broad SMARTS) is 4. The number of carboxylic acids is 4. The highest BCUT2D eigenvalue weighted by molar-refractivity contribution is 5.83. The highest BCUT2D eigenvalue weighted by Gasteiger charge is 2.47. The summed E-state index contributed by atoms with van der Waals surface area (Å²) in [6, 6.07) is 10.8. The predicted molar refractivity (Wildman–Crippen MR) is 160 cm³/mol. The fraction of sp³-hybridized carbons (Fsp3) is 0.633. The third kappa shape index (κ3) is 11.9. The Hall–Kier alpha value is -3.67. The van der Waals surface area contributed by atoms with E-state index in [2.05, 4.69) is 35.8 Å². The van der Waals surface area contributed by atoms with Crippen molar-refractivity contribution in [3.63, 3.8) is 0 Å². The van der Waals surface area contributed by atoms with Gasteiger partial charge in [-0.15, -0.1) is 0 Å². The monoisotopic (exact) mass is 658 g/mol. The van der Waals surface area contributed by atoms with Gasteiger partial charge in [0.2, 0.25) is 0 Å². The molecule has 7 unspecified atom stereocenters. The number of ether oxygens (including phenoxy) is 1. The molecular weight excluding hydrogens is 612 g/mol. The van der Waals surface area contributed by atoms with Gasteiger partial charge in [-0.05, 0) is 38.4 Å². The van der Waals surface area contributed by atoms with Crippen molar-refractivity contribution < 1.29 is 69.6 Å². The summed E-state index contributed by atoms with van der Waals surface area (Å²) in [5.41, 5.74) is 0.637. The Morgan fingerprint density at radius 3 is 1.61 bits per heavy atom. The molecule has 0 spiro atoms. The van der Waals surface area contributed by atoms with Gasteiger partial charge in [0.15, 0.2) is 24.4 Å². The molecule has 3 rings (SSSR count). The van der Waals surface area contributed by atoms with Gasteiger partial charge in [-0.3, -0.25) is 9.69 Å². The highest BCUT2D eigenvalue weighted by Crippen LogP contribution is 2.43. The van der Waals surface area contributed by atoms with Gasteiger partial charge in [0, 0.05) is 44.4 Å². The number of esters is 1. The molecule has 2 saturated heterocycles. The van der Waals surface area contributed by atoms with Crippen LogP contribution in [0, 0.1) is 5.92 Å². The van der Waals surface area contributed by atoms with Crippen molar-refractivity contribution in [2.75, 3.05) is 32.7 Å². The summed E-state index contributed by atoms with van der Waals surface area (Å²) < 4.78 is 6.15. The van der Waals surface area contributed by atoms with E-state index in [1.165, 1.54) is 25.9 Å². The quantitative estimate of drug-likeness (QED) is 0.131. The number of piperidine rings is 1. The van der Waals surface area contributed by atoms with Crippen LogP contribution in [0.1, 0.15) is 52.0 Å². The fourth-order valence-electron chi connectivity index (χ4n) is 5.18. The summed E-state index contributed by atoms with van der Waals surface area (Å²) in [6.45, 7) is 12.1. The van der Waals surface area contributed by atoms with Crippen LogP contribution in [0.4, 0.5) is 0 Å². The molecule has 1 aromatic rings. The summed E-state index contributed by atoms with van der Waals surface area (Å²) in [4.78, 5) is 56.5. The molecule has 0 saturated carbocycles. The number of rotatable bonds is 12. The Morgan fingerprint density at radius 2 is 1.22 bits per heavy atom. The van der Waals surface area contributed by atoms with Gasteiger partial charge in [0.25, 0.3) is 0 Å². The molecule has 2 heterocycles. The van der Waals surface area contributed by atoms with Crippen molar-refractivity contribution in [3.8, 4) is 0 Å². The first-order valence-electron chi connectivity index (χ1n) is 14.9. The van der Waals surface area contributed by atoms with Crippen molar-refractivity contribution in [3.05, 3.63) is 35.9 Å². The summed E-state index contributed by atoms with van der Waals surface area (Å²) in [7, 11) is 0. The van der Waals surface area contributed by atoms with E-state index in [-0.39, 0.29) is 11.9 Å². The van der Waals surface area contributed by atoms with Gasteiger partial charge < -0.3 is 50.5 Å². The molecule has 0 radical (unpaired) electrons. The van der Waals surface area contributed by atoms with E-state index < -0.39 is 53.9 Å². The SMILES string of the molecule is CCC(=O)OC1(c2ccccc2)CC(C)N(CCN2CCCC2)CC1C.O=C(O)C(O)C(O)C(=O)O.O=C(O)C(O)C(O)C(=O)O. The lowest BCUT2D eigenvalue weighted by atomic mass is 9.74. The van der Waals surface area contributed by atoms with E-state index in [0.29, 0.717) is 12.5 Å². The zero-order valence-electron chi connectivity index (χ0n) is 26.1. The largest absolute Gasteiger partial charge is 0.479 e. The molecule has 260 valence electrons. The average Bonchev–Trinajstić information content (AvgIpc) is 3.55. The minimum absolute atomic E-state index is 0.0987. The Morgan fingerprint density at radius 1 is 0.783 bits per heavy atom. The zero-order valence-corrected chi connectivity index (χ0v) is 26.1. The van der Waals surface area contributed by atoms with E-state index in [1.807, 2.05) is 25.1 Å².